The van der Waals surface area contributed by atoms with Gasteiger partial charge < -0.3 is 5.32 Å². The molecule has 0 fully saturated rings. The summed E-state index contributed by atoms with van der Waals surface area (Å²) in [5, 5.41) is 3.50. The summed E-state index contributed by atoms with van der Waals surface area (Å²) >= 11 is 0. The first-order chi connectivity index (χ1) is 9.93. The molecule has 2 aromatic rings. The number of halogens is 1. The number of hydrogen-bond donors (Lipinski definition) is 1. The lowest BCUT2D eigenvalue weighted by atomic mass is 9.89. The molecule has 0 amide bonds. The first-order valence-electron chi connectivity index (χ1n) is 7.51. The lowest BCUT2D eigenvalue weighted by Crippen LogP contribution is -2.24. The Hall–Kier alpha value is -1.67. The molecule has 0 aromatic heterocycles. The zero-order valence-electron chi connectivity index (χ0n) is 13.5. The van der Waals surface area contributed by atoms with E-state index in [2.05, 4.69) is 45.1 Å². The van der Waals surface area contributed by atoms with Gasteiger partial charge in [0.15, 0.2) is 0 Å². The smallest absolute Gasteiger partial charge is 0.126 e. The van der Waals surface area contributed by atoms with Crippen molar-refractivity contribution in [2.24, 2.45) is 0 Å². The highest BCUT2D eigenvalue weighted by Gasteiger charge is 2.18. The Morgan fingerprint density at radius 1 is 0.952 bits per heavy atom. The fraction of sp³-hybridized carbons (Fsp3) is 0.368. The molecule has 1 N–H and O–H groups in total. The molecule has 2 rings (SSSR count). The maximum absolute atomic E-state index is 13.9. The summed E-state index contributed by atoms with van der Waals surface area (Å²) in [6, 6.07) is 9.94. The first-order valence-corrected chi connectivity index (χ1v) is 7.51. The minimum atomic E-state index is -0.141. The highest BCUT2D eigenvalue weighted by molar-refractivity contribution is 5.44. The average Bonchev–Trinajstić information content (AvgIpc) is 2.40. The highest BCUT2D eigenvalue weighted by atomic mass is 19.1. The normalized spacial score (nSPS) is 12.5. The van der Waals surface area contributed by atoms with E-state index in [1.54, 1.807) is 13.0 Å². The van der Waals surface area contributed by atoms with E-state index in [0.29, 0.717) is 5.56 Å². The van der Waals surface area contributed by atoms with Crippen LogP contribution in [0.2, 0.25) is 0 Å². The van der Waals surface area contributed by atoms with Gasteiger partial charge in [0.25, 0.3) is 0 Å². The van der Waals surface area contributed by atoms with Crippen LogP contribution < -0.4 is 5.32 Å². The third kappa shape index (κ3) is 3.33. The molecule has 1 unspecified atom stereocenters. The topological polar surface area (TPSA) is 12.0 Å². The number of nitrogens with one attached hydrogen (secondary N) is 1. The van der Waals surface area contributed by atoms with E-state index >= 15 is 0 Å². The number of benzene rings is 2. The summed E-state index contributed by atoms with van der Waals surface area (Å²) < 4.78 is 13.9. The van der Waals surface area contributed by atoms with Crippen molar-refractivity contribution in [1.29, 1.82) is 0 Å². The Kier molecular flexibility index (Phi) is 4.79. The van der Waals surface area contributed by atoms with Crippen molar-refractivity contribution < 1.29 is 4.39 Å². The van der Waals surface area contributed by atoms with Gasteiger partial charge in [0, 0.05) is 0 Å². The second-order valence-electron chi connectivity index (χ2n) is 5.81. The van der Waals surface area contributed by atoms with Crippen molar-refractivity contribution in [3.8, 4) is 0 Å². The van der Waals surface area contributed by atoms with Crippen LogP contribution in [-0.2, 0) is 0 Å². The maximum Gasteiger partial charge on any atom is 0.126 e. The van der Waals surface area contributed by atoms with E-state index in [-0.39, 0.29) is 11.9 Å². The Labute approximate surface area is 127 Å². The molecule has 0 saturated heterocycles. The van der Waals surface area contributed by atoms with Gasteiger partial charge in [-0.25, -0.2) is 4.39 Å². The average molecular weight is 285 g/mol. The lowest BCUT2D eigenvalue weighted by molar-refractivity contribution is 0.595. The fourth-order valence-electron chi connectivity index (χ4n) is 3.03. The molecule has 0 bridgehead atoms. The second kappa shape index (κ2) is 6.40. The van der Waals surface area contributed by atoms with E-state index in [1.807, 2.05) is 12.1 Å². The van der Waals surface area contributed by atoms with Gasteiger partial charge in [-0.05, 0) is 68.1 Å². The van der Waals surface area contributed by atoms with Gasteiger partial charge in [-0.1, -0.05) is 36.8 Å². The third-order valence-corrected chi connectivity index (χ3v) is 3.96. The van der Waals surface area contributed by atoms with E-state index in [0.717, 1.165) is 12.1 Å². The predicted octanol–water partition coefficient (Wildman–Crippen LogP) is 4.76. The van der Waals surface area contributed by atoms with Crippen molar-refractivity contribution in [2.75, 3.05) is 6.54 Å². The molecule has 0 radical (unpaired) electrons. The molecule has 112 valence electrons. The monoisotopic (exact) mass is 285 g/mol. The molecule has 21 heavy (non-hydrogen) atoms. The molecule has 0 spiro atoms. The zero-order chi connectivity index (χ0) is 15.6. The SMILES string of the molecule is CCNC(c1ccc(C)c(F)c1)c1c(C)cc(C)cc1C. The van der Waals surface area contributed by atoms with Crippen molar-refractivity contribution in [3.05, 3.63) is 69.5 Å². The highest BCUT2D eigenvalue weighted by Crippen LogP contribution is 2.29. The van der Waals surface area contributed by atoms with Crippen LogP contribution in [0.1, 0.15) is 46.3 Å². The van der Waals surface area contributed by atoms with E-state index < -0.39 is 0 Å². The van der Waals surface area contributed by atoms with Crippen molar-refractivity contribution in [1.82, 2.24) is 5.32 Å². The Bertz CT molecular complexity index is 623. The number of hydrogen-bond acceptors (Lipinski definition) is 1. The van der Waals surface area contributed by atoms with Crippen molar-refractivity contribution in [3.63, 3.8) is 0 Å². The van der Waals surface area contributed by atoms with Gasteiger partial charge in [-0.15, -0.1) is 0 Å². The van der Waals surface area contributed by atoms with Crippen LogP contribution in [0.25, 0.3) is 0 Å². The summed E-state index contributed by atoms with van der Waals surface area (Å²) in [4.78, 5) is 0. The van der Waals surface area contributed by atoms with Crippen LogP contribution >= 0.6 is 0 Å². The summed E-state index contributed by atoms with van der Waals surface area (Å²) in [5.41, 5.74) is 6.69. The van der Waals surface area contributed by atoms with Crippen LogP contribution in [0.4, 0.5) is 4.39 Å². The fourth-order valence-corrected chi connectivity index (χ4v) is 3.03. The van der Waals surface area contributed by atoms with Crippen molar-refractivity contribution in [2.45, 2.75) is 40.7 Å². The van der Waals surface area contributed by atoms with Gasteiger partial charge in [0.2, 0.25) is 0 Å². The van der Waals surface area contributed by atoms with Crippen LogP contribution in [0.3, 0.4) is 0 Å². The van der Waals surface area contributed by atoms with Crippen LogP contribution in [0, 0.1) is 33.5 Å². The molecule has 0 aliphatic heterocycles. The molecule has 0 aliphatic carbocycles. The molecule has 1 nitrogen and oxygen atoms in total. The first kappa shape index (κ1) is 15.7. The summed E-state index contributed by atoms with van der Waals surface area (Å²) in [6.45, 7) is 11.1. The number of aryl methyl sites for hydroxylation is 4. The van der Waals surface area contributed by atoms with Gasteiger partial charge in [-0.3, -0.25) is 0 Å². The summed E-state index contributed by atoms with van der Waals surface area (Å²) in [5.74, 6) is -0.141. The quantitative estimate of drug-likeness (QED) is 0.854. The molecular formula is C19H24FN. The Morgan fingerprint density at radius 3 is 2.10 bits per heavy atom. The lowest BCUT2D eigenvalue weighted by Gasteiger charge is -2.24. The van der Waals surface area contributed by atoms with Gasteiger partial charge in [0.1, 0.15) is 5.82 Å². The minimum absolute atomic E-state index is 0.0331. The van der Waals surface area contributed by atoms with Crippen LogP contribution in [0.5, 0.6) is 0 Å². The molecule has 0 saturated carbocycles. The van der Waals surface area contributed by atoms with E-state index in [4.69, 9.17) is 0 Å². The zero-order valence-corrected chi connectivity index (χ0v) is 13.5. The maximum atomic E-state index is 13.9. The van der Waals surface area contributed by atoms with Gasteiger partial charge >= 0.3 is 0 Å². The van der Waals surface area contributed by atoms with Crippen LogP contribution in [-0.4, -0.2) is 6.54 Å². The predicted molar refractivity (Wildman–Crippen MR) is 87.3 cm³/mol. The largest absolute Gasteiger partial charge is 0.307 e. The van der Waals surface area contributed by atoms with Crippen molar-refractivity contribution >= 4 is 0 Å². The molecule has 2 heteroatoms. The molecule has 1 atom stereocenters. The minimum Gasteiger partial charge on any atom is -0.307 e. The Balaban J connectivity index is 2.55. The summed E-state index contributed by atoms with van der Waals surface area (Å²) in [6.07, 6.45) is 0. The van der Waals surface area contributed by atoms with E-state index in [1.165, 1.54) is 22.3 Å². The van der Waals surface area contributed by atoms with E-state index in [9.17, 15) is 4.39 Å². The standard InChI is InChI=1S/C19H24FN/c1-6-21-19(16-8-7-13(3)17(20)11-16)18-14(4)9-12(2)10-15(18)5/h7-11,19,21H,6H2,1-5H3. The second-order valence-corrected chi connectivity index (χ2v) is 5.81. The molecular weight excluding hydrogens is 261 g/mol. The number of rotatable bonds is 4. The molecule has 0 aliphatic rings. The molecule has 2 aromatic carbocycles. The Morgan fingerprint density at radius 2 is 1.57 bits per heavy atom. The van der Waals surface area contributed by atoms with Gasteiger partial charge in [-0.2, -0.15) is 0 Å². The summed E-state index contributed by atoms with van der Waals surface area (Å²) in [7, 11) is 0. The third-order valence-electron chi connectivity index (χ3n) is 3.96. The van der Waals surface area contributed by atoms with Gasteiger partial charge in [0.05, 0.1) is 6.04 Å². The van der Waals surface area contributed by atoms with Crippen LogP contribution in [0.15, 0.2) is 30.3 Å². The molecule has 0 heterocycles.